The molecule has 1 amide bonds. The van der Waals surface area contributed by atoms with Crippen LogP contribution in [0.15, 0.2) is 30.5 Å². The van der Waals surface area contributed by atoms with Crippen LogP contribution in [0.1, 0.15) is 10.4 Å². The van der Waals surface area contributed by atoms with Crippen molar-refractivity contribution in [2.45, 2.75) is 6.10 Å². The number of benzene rings is 1. The number of ether oxygens (including phenoxy) is 2. The number of hydrogen-bond donors (Lipinski definition) is 1. The largest absolute Gasteiger partial charge is 0.496 e. The molecular formula is C17H19N3O5. The highest BCUT2D eigenvalue weighted by atomic mass is 16.5. The normalized spacial score (nSPS) is 17.4. The van der Waals surface area contributed by atoms with E-state index in [0.717, 1.165) is 0 Å². The fourth-order valence-corrected chi connectivity index (χ4v) is 2.84. The Hall–Kier alpha value is -2.87. The lowest BCUT2D eigenvalue weighted by molar-refractivity contribution is -0.154. The van der Waals surface area contributed by atoms with Crippen LogP contribution in [0.25, 0.3) is 11.3 Å². The van der Waals surface area contributed by atoms with Crippen LogP contribution in [0.3, 0.4) is 0 Å². The van der Waals surface area contributed by atoms with Crippen molar-refractivity contribution in [3.8, 4) is 17.0 Å². The number of para-hydroxylation sites is 1. The Balaban J connectivity index is 1.95. The van der Waals surface area contributed by atoms with Crippen LogP contribution < -0.4 is 4.74 Å². The molecule has 3 rings (SSSR count). The van der Waals surface area contributed by atoms with Crippen molar-refractivity contribution in [2.24, 2.45) is 7.05 Å². The zero-order valence-electron chi connectivity index (χ0n) is 14.0. The van der Waals surface area contributed by atoms with E-state index >= 15 is 0 Å². The van der Waals surface area contributed by atoms with Gasteiger partial charge in [0.05, 0.1) is 25.8 Å². The molecule has 0 bridgehead atoms. The van der Waals surface area contributed by atoms with Gasteiger partial charge in [0.15, 0.2) is 6.10 Å². The number of aryl methyl sites for hydroxylation is 1. The smallest absolute Gasteiger partial charge is 0.334 e. The minimum Gasteiger partial charge on any atom is -0.496 e. The van der Waals surface area contributed by atoms with Crippen LogP contribution in [-0.4, -0.2) is 64.6 Å². The fraction of sp³-hybridized carbons (Fsp3) is 0.353. The maximum atomic E-state index is 13.0. The van der Waals surface area contributed by atoms with Crippen LogP contribution in [-0.2, 0) is 16.6 Å². The van der Waals surface area contributed by atoms with Crippen molar-refractivity contribution in [2.75, 3.05) is 26.8 Å². The molecule has 1 aliphatic heterocycles. The van der Waals surface area contributed by atoms with Crippen LogP contribution in [0.5, 0.6) is 5.75 Å². The third kappa shape index (κ3) is 3.34. The van der Waals surface area contributed by atoms with E-state index in [1.54, 1.807) is 31.1 Å². The molecule has 8 nitrogen and oxygen atoms in total. The van der Waals surface area contributed by atoms with Crippen LogP contribution in [0, 0.1) is 0 Å². The van der Waals surface area contributed by atoms with Gasteiger partial charge in [0.2, 0.25) is 0 Å². The number of rotatable bonds is 4. The van der Waals surface area contributed by atoms with Gasteiger partial charge in [-0.15, -0.1) is 0 Å². The second kappa shape index (κ2) is 6.94. The van der Waals surface area contributed by atoms with Gasteiger partial charge in [-0.05, 0) is 12.1 Å². The molecule has 0 aliphatic carbocycles. The lowest BCUT2D eigenvalue weighted by Gasteiger charge is -2.30. The molecule has 0 saturated carbocycles. The number of carboxylic acid groups (broad SMARTS) is 1. The van der Waals surface area contributed by atoms with Gasteiger partial charge in [-0.1, -0.05) is 12.1 Å². The van der Waals surface area contributed by atoms with Gasteiger partial charge in [0.1, 0.15) is 11.4 Å². The Morgan fingerprint density at radius 1 is 1.36 bits per heavy atom. The third-order valence-electron chi connectivity index (χ3n) is 4.05. The molecule has 2 heterocycles. The Kier molecular flexibility index (Phi) is 4.71. The van der Waals surface area contributed by atoms with Crippen LogP contribution in [0.2, 0.25) is 0 Å². The highest BCUT2D eigenvalue weighted by Crippen LogP contribution is 2.31. The summed E-state index contributed by atoms with van der Waals surface area (Å²) in [7, 11) is 3.29. The van der Waals surface area contributed by atoms with E-state index in [1.165, 1.54) is 4.90 Å². The molecule has 0 spiro atoms. The van der Waals surface area contributed by atoms with E-state index in [2.05, 4.69) is 5.10 Å². The molecule has 1 aromatic carbocycles. The molecule has 0 radical (unpaired) electrons. The maximum Gasteiger partial charge on any atom is 0.334 e. The number of amides is 1. The first-order valence-electron chi connectivity index (χ1n) is 7.82. The summed E-state index contributed by atoms with van der Waals surface area (Å²) in [4.78, 5) is 25.6. The first-order chi connectivity index (χ1) is 12.0. The molecule has 1 aliphatic rings. The Morgan fingerprint density at radius 2 is 2.12 bits per heavy atom. The van der Waals surface area contributed by atoms with E-state index in [9.17, 15) is 9.59 Å². The number of morpholine rings is 1. The summed E-state index contributed by atoms with van der Waals surface area (Å²) in [6.07, 6.45) is 0.624. The average Bonchev–Trinajstić information content (AvgIpc) is 3.02. The minimum absolute atomic E-state index is 0.00836. The summed E-state index contributed by atoms with van der Waals surface area (Å²) in [6.45, 7) is 0.532. The molecule has 132 valence electrons. The number of nitrogens with zero attached hydrogens (tertiary/aromatic N) is 3. The second-order valence-corrected chi connectivity index (χ2v) is 5.71. The number of carbonyl (C=O) groups is 2. The van der Waals surface area contributed by atoms with E-state index < -0.39 is 12.1 Å². The van der Waals surface area contributed by atoms with Gasteiger partial charge in [0, 0.05) is 25.4 Å². The van der Waals surface area contributed by atoms with Gasteiger partial charge in [0.25, 0.3) is 5.91 Å². The van der Waals surface area contributed by atoms with Crippen molar-refractivity contribution < 1.29 is 24.2 Å². The molecule has 1 saturated heterocycles. The lowest BCUT2D eigenvalue weighted by atomic mass is 10.1. The molecule has 1 fully saturated rings. The molecular weight excluding hydrogens is 326 g/mol. The zero-order valence-corrected chi connectivity index (χ0v) is 14.0. The quantitative estimate of drug-likeness (QED) is 0.889. The van der Waals surface area contributed by atoms with Gasteiger partial charge >= 0.3 is 5.97 Å². The highest BCUT2D eigenvalue weighted by Gasteiger charge is 2.31. The summed E-state index contributed by atoms with van der Waals surface area (Å²) < 4.78 is 12.1. The Labute approximate surface area is 144 Å². The van der Waals surface area contributed by atoms with Gasteiger partial charge in [-0.2, -0.15) is 5.10 Å². The highest BCUT2D eigenvalue weighted by molar-refractivity contribution is 6.00. The molecule has 1 atom stereocenters. The Morgan fingerprint density at radius 3 is 2.84 bits per heavy atom. The molecule has 2 aromatic rings. The van der Waals surface area contributed by atoms with Gasteiger partial charge in [-0.25, -0.2) is 4.79 Å². The van der Waals surface area contributed by atoms with Crippen molar-refractivity contribution in [1.29, 1.82) is 0 Å². The summed E-state index contributed by atoms with van der Waals surface area (Å²) in [5.74, 6) is -0.738. The monoisotopic (exact) mass is 345 g/mol. The zero-order chi connectivity index (χ0) is 18.0. The maximum absolute atomic E-state index is 13.0. The van der Waals surface area contributed by atoms with Gasteiger partial charge < -0.3 is 19.5 Å². The number of aliphatic carboxylic acids is 1. The molecule has 1 aromatic heterocycles. The summed E-state index contributed by atoms with van der Waals surface area (Å²) in [5.41, 5.74) is 1.61. The average molecular weight is 345 g/mol. The topological polar surface area (TPSA) is 93.9 Å². The summed E-state index contributed by atoms with van der Waals surface area (Å²) in [5, 5.41) is 13.5. The number of carboxylic acids is 1. The molecule has 0 unspecified atom stereocenters. The van der Waals surface area contributed by atoms with Gasteiger partial charge in [-0.3, -0.25) is 9.48 Å². The number of aromatic nitrogens is 2. The minimum atomic E-state index is -1.08. The number of hydrogen-bond acceptors (Lipinski definition) is 5. The fourth-order valence-electron chi connectivity index (χ4n) is 2.84. The SMILES string of the molecule is COc1ccccc1-c1nn(C)cc1C(=O)N1CCO[C@H](C(=O)O)C1. The van der Waals surface area contributed by atoms with Crippen molar-refractivity contribution in [3.63, 3.8) is 0 Å². The first-order valence-corrected chi connectivity index (χ1v) is 7.82. The standard InChI is InChI=1S/C17H19N3O5/c1-19-9-12(15(18-19)11-5-3-4-6-13(11)24-2)16(21)20-7-8-25-14(10-20)17(22)23/h3-6,9,14H,7-8,10H2,1-2H3,(H,22,23)/t14-/m0/s1. The molecule has 1 N–H and O–H groups in total. The second-order valence-electron chi connectivity index (χ2n) is 5.71. The van der Waals surface area contributed by atoms with E-state index in [-0.39, 0.29) is 19.1 Å². The third-order valence-corrected chi connectivity index (χ3v) is 4.05. The predicted molar refractivity (Wildman–Crippen MR) is 88.5 cm³/mol. The summed E-state index contributed by atoms with van der Waals surface area (Å²) in [6, 6.07) is 7.31. The van der Waals surface area contributed by atoms with Crippen LogP contribution in [0.4, 0.5) is 0 Å². The molecule has 8 heteroatoms. The Bertz CT molecular complexity index is 801. The predicted octanol–water partition coefficient (Wildman–Crippen LogP) is 1.02. The van der Waals surface area contributed by atoms with E-state index in [4.69, 9.17) is 14.6 Å². The van der Waals surface area contributed by atoms with Crippen LogP contribution >= 0.6 is 0 Å². The first kappa shape index (κ1) is 17.0. The van der Waals surface area contributed by atoms with Crippen molar-refractivity contribution in [3.05, 3.63) is 36.0 Å². The van der Waals surface area contributed by atoms with E-state index in [0.29, 0.717) is 29.1 Å². The lowest BCUT2D eigenvalue weighted by Crippen LogP contribution is -2.48. The van der Waals surface area contributed by atoms with Crippen molar-refractivity contribution >= 4 is 11.9 Å². The number of carbonyl (C=O) groups excluding carboxylic acids is 1. The van der Waals surface area contributed by atoms with E-state index in [1.807, 2.05) is 18.2 Å². The summed E-state index contributed by atoms with van der Waals surface area (Å²) >= 11 is 0. The molecule has 25 heavy (non-hydrogen) atoms. The van der Waals surface area contributed by atoms with Crippen molar-refractivity contribution in [1.82, 2.24) is 14.7 Å². The number of methoxy groups -OCH3 is 1.